The molecule has 9 heteroatoms. The molecular weight excluding hydrogens is 339 g/mol. The Hall–Kier alpha value is -2.58. The molecule has 0 saturated heterocycles. The first kappa shape index (κ1) is 18.8. The second kappa shape index (κ2) is 8.50. The van der Waals surface area contributed by atoms with Gasteiger partial charge in [0.05, 0.1) is 0 Å². The molecule has 0 aliphatic heterocycles. The summed E-state index contributed by atoms with van der Waals surface area (Å²) in [5, 5.41) is 6.37. The van der Waals surface area contributed by atoms with Crippen molar-refractivity contribution in [1.82, 2.24) is 15.5 Å². The number of para-hydroxylation sites is 1. The SMILES string of the molecule is Cc1noc(CCCNC(=O)CCc2ccccc2OC(F)(F)F)n1. The zero-order valence-electron chi connectivity index (χ0n) is 13.6. The Kier molecular flexibility index (Phi) is 6.37. The molecule has 1 amide bonds. The first-order valence-corrected chi connectivity index (χ1v) is 7.73. The first-order valence-electron chi connectivity index (χ1n) is 7.73. The van der Waals surface area contributed by atoms with Crippen LogP contribution in [0.25, 0.3) is 0 Å². The number of ether oxygens (including phenoxy) is 1. The van der Waals surface area contributed by atoms with Crippen molar-refractivity contribution in [3.63, 3.8) is 0 Å². The Bertz CT molecular complexity index is 701. The molecule has 6 nitrogen and oxygen atoms in total. The molecule has 1 N–H and O–H groups in total. The zero-order valence-corrected chi connectivity index (χ0v) is 13.6. The largest absolute Gasteiger partial charge is 0.573 e. The van der Waals surface area contributed by atoms with E-state index in [-0.39, 0.29) is 24.5 Å². The van der Waals surface area contributed by atoms with E-state index in [0.717, 1.165) is 0 Å². The highest BCUT2D eigenvalue weighted by atomic mass is 19.4. The van der Waals surface area contributed by atoms with Crippen LogP contribution in [0.2, 0.25) is 0 Å². The van der Waals surface area contributed by atoms with Crippen molar-refractivity contribution in [2.24, 2.45) is 0 Å². The van der Waals surface area contributed by atoms with Crippen LogP contribution in [0.4, 0.5) is 13.2 Å². The van der Waals surface area contributed by atoms with Crippen LogP contribution in [-0.4, -0.2) is 29.0 Å². The van der Waals surface area contributed by atoms with E-state index in [1.807, 2.05) is 0 Å². The molecule has 2 aromatic rings. The minimum atomic E-state index is -4.76. The van der Waals surface area contributed by atoms with E-state index in [1.165, 1.54) is 18.2 Å². The van der Waals surface area contributed by atoms with Gasteiger partial charge in [0.15, 0.2) is 5.82 Å². The fraction of sp³-hybridized carbons (Fsp3) is 0.438. The number of nitrogens with one attached hydrogen (secondary N) is 1. The van der Waals surface area contributed by atoms with Gasteiger partial charge in [-0.3, -0.25) is 4.79 Å². The number of benzene rings is 1. The zero-order chi connectivity index (χ0) is 18.3. The summed E-state index contributed by atoms with van der Waals surface area (Å²) in [5.41, 5.74) is 0.330. The molecular formula is C16H18F3N3O3. The van der Waals surface area contributed by atoms with Gasteiger partial charge in [-0.2, -0.15) is 4.98 Å². The topological polar surface area (TPSA) is 77.2 Å². The molecule has 1 aromatic carbocycles. The maximum atomic E-state index is 12.3. The van der Waals surface area contributed by atoms with Crippen molar-refractivity contribution in [3.8, 4) is 5.75 Å². The third-order valence-corrected chi connectivity index (χ3v) is 3.28. The number of aryl methyl sites for hydroxylation is 3. The molecule has 1 heterocycles. The van der Waals surface area contributed by atoms with E-state index < -0.39 is 6.36 Å². The lowest BCUT2D eigenvalue weighted by molar-refractivity contribution is -0.274. The number of hydrogen-bond acceptors (Lipinski definition) is 5. The monoisotopic (exact) mass is 357 g/mol. The lowest BCUT2D eigenvalue weighted by Crippen LogP contribution is -2.25. The van der Waals surface area contributed by atoms with E-state index >= 15 is 0 Å². The molecule has 0 aliphatic rings. The molecule has 136 valence electrons. The van der Waals surface area contributed by atoms with Crippen molar-refractivity contribution in [1.29, 1.82) is 0 Å². The summed E-state index contributed by atoms with van der Waals surface area (Å²) < 4.78 is 46.0. The number of carbonyl (C=O) groups is 1. The van der Waals surface area contributed by atoms with Crippen molar-refractivity contribution in [2.75, 3.05) is 6.54 Å². The Labute approximate surface area is 142 Å². The summed E-state index contributed by atoms with van der Waals surface area (Å²) in [6.45, 7) is 2.13. The van der Waals surface area contributed by atoms with Gasteiger partial charge in [0.1, 0.15) is 5.75 Å². The molecule has 0 spiro atoms. The van der Waals surface area contributed by atoms with Crippen molar-refractivity contribution < 1.29 is 27.2 Å². The van der Waals surface area contributed by atoms with E-state index in [1.54, 1.807) is 13.0 Å². The lowest BCUT2D eigenvalue weighted by Gasteiger charge is -2.13. The fourth-order valence-electron chi connectivity index (χ4n) is 2.18. The van der Waals surface area contributed by atoms with E-state index in [9.17, 15) is 18.0 Å². The highest BCUT2D eigenvalue weighted by Gasteiger charge is 2.31. The predicted octanol–water partition coefficient (Wildman–Crippen LogP) is 2.96. The van der Waals surface area contributed by atoms with Crippen LogP contribution in [0, 0.1) is 6.92 Å². The molecule has 0 fully saturated rings. The van der Waals surface area contributed by atoms with Crippen LogP contribution in [0.5, 0.6) is 5.75 Å². The minimum absolute atomic E-state index is 0.0674. The Balaban J connectivity index is 1.73. The number of hydrogen-bond donors (Lipinski definition) is 1. The van der Waals surface area contributed by atoms with Gasteiger partial charge in [-0.15, -0.1) is 13.2 Å². The Morgan fingerprint density at radius 1 is 1.28 bits per heavy atom. The van der Waals surface area contributed by atoms with Gasteiger partial charge in [-0.25, -0.2) is 0 Å². The van der Waals surface area contributed by atoms with Crippen molar-refractivity contribution in [2.45, 2.75) is 39.0 Å². The number of alkyl halides is 3. The number of nitrogens with zero attached hydrogens (tertiary/aromatic N) is 2. The van der Waals surface area contributed by atoms with Gasteiger partial charge in [-0.1, -0.05) is 23.4 Å². The van der Waals surface area contributed by atoms with Crippen LogP contribution in [0.15, 0.2) is 28.8 Å². The maximum absolute atomic E-state index is 12.3. The van der Waals surface area contributed by atoms with Gasteiger partial charge in [-0.05, 0) is 31.4 Å². The van der Waals surface area contributed by atoms with Gasteiger partial charge in [0.2, 0.25) is 11.8 Å². The summed E-state index contributed by atoms with van der Waals surface area (Å²) in [5.74, 6) is 0.529. The smallest absolute Gasteiger partial charge is 0.406 e. The standard InChI is InChI=1S/C16H18F3N3O3/c1-11-21-15(25-22-11)7-4-10-20-14(23)9-8-12-5-2-3-6-13(12)24-16(17,18)19/h2-3,5-6H,4,7-10H2,1H3,(H,20,23). The summed E-state index contributed by atoms with van der Waals surface area (Å²) in [7, 11) is 0. The highest BCUT2D eigenvalue weighted by molar-refractivity contribution is 5.76. The number of aromatic nitrogens is 2. The lowest BCUT2D eigenvalue weighted by atomic mass is 10.1. The second-order valence-corrected chi connectivity index (χ2v) is 5.34. The van der Waals surface area contributed by atoms with Crippen molar-refractivity contribution in [3.05, 3.63) is 41.5 Å². The Morgan fingerprint density at radius 3 is 2.72 bits per heavy atom. The average Bonchev–Trinajstić information content (AvgIpc) is 2.95. The molecule has 0 unspecified atom stereocenters. The molecule has 0 saturated carbocycles. The van der Waals surface area contributed by atoms with Crippen LogP contribution < -0.4 is 10.1 Å². The quantitative estimate of drug-likeness (QED) is 0.735. The molecule has 25 heavy (non-hydrogen) atoms. The second-order valence-electron chi connectivity index (χ2n) is 5.34. The normalized spacial score (nSPS) is 11.4. The van der Waals surface area contributed by atoms with E-state index in [2.05, 4.69) is 20.2 Å². The predicted molar refractivity (Wildman–Crippen MR) is 81.8 cm³/mol. The summed E-state index contributed by atoms with van der Waals surface area (Å²) in [6.07, 6.45) is -3.37. The van der Waals surface area contributed by atoms with Crippen molar-refractivity contribution >= 4 is 5.91 Å². The van der Waals surface area contributed by atoms with E-state index in [0.29, 0.717) is 36.7 Å². The summed E-state index contributed by atoms with van der Waals surface area (Å²) in [6, 6.07) is 5.78. The van der Waals surface area contributed by atoms with E-state index in [4.69, 9.17) is 4.52 Å². The third-order valence-electron chi connectivity index (χ3n) is 3.28. The Morgan fingerprint density at radius 2 is 2.04 bits per heavy atom. The molecule has 0 radical (unpaired) electrons. The molecule has 0 aliphatic carbocycles. The average molecular weight is 357 g/mol. The number of carbonyl (C=O) groups excluding carboxylic acids is 1. The van der Waals surface area contributed by atoms with Gasteiger partial charge >= 0.3 is 6.36 Å². The molecule has 1 aromatic heterocycles. The first-order chi connectivity index (χ1) is 11.8. The van der Waals surface area contributed by atoms with Crippen LogP contribution in [0.1, 0.15) is 30.1 Å². The van der Waals surface area contributed by atoms with Gasteiger partial charge < -0.3 is 14.6 Å². The number of amides is 1. The van der Waals surface area contributed by atoms with Gasteiger partial charge in [0, 0.05) is 19.4 Å². The highest BCUT2D eigenvalue weighted by Crippen LogP contribution is 2.26. The summed E-state index contributed by atoms with van der Waals surface area (Å²) in [4.78, 5) is 15.8. The number of halogens is 3. The van der Waals surface area contributed by atoms with Crippen LogP contribution in [0.3, 0.4) is 0 Å². The van der Waals surface area contributed by atoms with Crippen LogP contribution in [-0.2, 0) is 17.6 Å². The van der Waals surface area contributed by atoms with Gasteiger partial charge in [0.25, 0.3) is 0 Å². The third kappa shape index (κ3) is 6.82. The fourth-order valence-corrected chi connectivity index (χ4v) is 2.18. The molecule has 0 atom stereocenters. The molecule has 0 bridgehead atoms. The number of rotatable bonds is 8. The maximum Gasteiger partial charge on any atom is 0.573 e. The molecule has 2 rings (SSSR count). The minimum Gasteiger partial charge on any atom is -0.406 e. The van der Waals surface area contributed by atoms with Crippen LogP contribution >= 0.6 is 0 Å². The summed E-state index contributed by atoms with van der Waals surface area (Å²) >= 11 is 0.